The van der Waals surface area contributed by atoms with Crippen molar-refractivity contribution in [2.75, 3.05) is 11.4 Å². The number of fused-ring (bicyclic) bond motifs is 2. The van der Waals surface area contributed by atoms with Gasteiger partial charge < -0.3 is 9.32 Å². The first-order valence-corrected chi connectivity index (χ1v) is 8.96. The zero-order valence-corrected chi connectivity index (χ0v) is 15.6. The lowest BCUT2D eigenvalue weighted by atomic mass is 10.1. The zero-order chi connectivity index (χ0) is 16.8. The highest BCUT2D eigenvalue weighted by Crippen LogP contribution is 2.31. The first kappa shape index (κ1) is 15.6. The van der Waals surface area contributed by atoms with Gasteiger partial charge in [0, 0.05) is 22.1 Å². The summed E-state index contributed by atoms with van der Waals surface area (Å²) in [5, 5.41) is 0.687. The van der Waals surface area contributed by atoms with Crippen LogP contribution in [-0.4, -0.2) is 12.5 Å². The van der Waals surface area contributed by atoms with Crippen LogP contribution in [0.3, 0.4) is 0 Å². The highest BCUT2D eigenvalue weighted by atomic mass is 79.9. The number of halogens is 2. The highest BCUT2D eigenvalue weighted by Gasteiger charge is 2.27. The maximum Gasteiger partial charge on any atom is 0.349 e. The summed E-state index contributed by atoms with van der Waals surface area (Å²) in [6, 6.07) is 12.9. The average molecular weight is 449 g/mol. The summed E-state index contributed by atoms with van der Waals surface area (Å²) in [6.07, 6.45) is 0.790. The molecule has 0 N–H and O–H groups in total. The topological polar surface area (TPSA) is 50.5 Å². The van der Waals surface area contributed by atoms with Crippen LogP contribution in [-0.2, 0) is 6.42 Å². The van der Waals surface area contributed by atoms with E-state index in [4.69, 9.17) is 4.42 Å². The minimum absolute atomic E-state index is 0.0456. The van der Waals surface area contributed by atoms with E-state index in [0.717, 1.165) is 22.1 Å². The van der Waals surface area contributed by atoms with Crippen LogP contribution in [0.2, 0.25) is 0 Å². The van der Waals surface area contributed by atoms with Gasteiger partial charge in [-0.1, -0.05) is 34.1 Å². The Kier molecular flexibility index (Phi) is 3.81. The van der Waals surface area contributed by atoms with Gasteiger partial charge in [0.25, 0.3) is 5.91 Å². The lowest BCUT2D eigenvalue weighted by Gasteiger charge is -2.16. The molecule has 24 heavy (non-hydrogen) atoms. The van der Waals surface area contributed by atoms with E-state index in [2.05, 4.69) is 31.9 Å². The highest BCUT2D eigenvalue weighted by molar-refractivity contribution is 9.11. The lowest BCUT2D eigenvalue weighted by Crippen LogP contribution is -2.32. The molecule has 6 heteroatoms. The molecule has 0 unspecified atom stereocenters. The quantitative estimate of drug-likeness (QED) is 0.514. The van der Waals surface area contributed by atoms with Gasteiger partial charge in [0.1, 0.15) is 5.56 Å². The number of carbonyl (C=O) groups excluding carboxylic acids is 1. The Morgan fingerprint density at radius 1 is 1.12 bits per heavy atom. The van der Waals surface area contributed by atoms with Gasteiger partial charge in [0.2, 0.25) is 0 Å². The van der Waals surface area contributed by atoms with Crippen LogP contribution >= 0.6 is 31.9 Å². The van der Waals surface area contributed by atoms with E-state index in [1.54, 1.807) is 17.0 Å². The second-order valence-electron chi connectivity index (χ2n) is 5.59. The van der Waals surface area contributed by atoms with E-state index in [1.165, 1.54) is 0 Å². The Balaban J connectivity index is 1.84. The fraction of sp³-hybridized carbons (Fsp3) is 0.111. The molecule has 0 saturated heterocycles. The second-order valence-corrected chi connectivity index (χ2v) is 7.36. The molecular weight excluding hydrogens is 438 g/mol. The molecule has 4 nitrogen and oxygen atoms in total. The van der Waals surface area contributed by atoms with Crippen molar-refractivity contribution in [3.63, 3.8) is 0 Å². The third kappa shape index (κ3) is 2.50. The molecule has 0 fully saturated rings. The number of amides is 1. The number of hydrogen-bond donors (Lipinski definition) is 0. The van der Waals surface area contributed by atoms with Crippen molar-refractivity contribution < 1.29 is 9.21 Å². The third-order valence-corrected chi connectivity index (χ3v) is 5.16. The van der Waals surface area contributed by atoms with Crippen molar-refractivity contribution in [2.24, 2.45) is 0 Å². The van der Waals surface area contributed by atoms with Gasteiger partial charge in [-0.25, -0.2) is 4.79 Å². The van der Waals surface area contributed by atoms with Crippen molar-refractivity contribution in [1.82, 2.24) is 0 Å². The van der Waals surface area contributed by atoms with Gasteiger partial charge >= 0.3 is 5.63 Å². The van der Waals surface area contributed by atoms with E-state index >= 15 is 0 Å². The number of anilines is 1. The Morgan fingerprint density at radius 2 is 1.92 bits per heavy atom. The molecule has 1 aliphatic rings. The first-order chi connectivity index (χ1) is 11.5. The van der Waals surface area contributed by atoms with Gasteiger partial charge in [0.05, 0.1) is 4.47 Å². The SMILES string of the molecule is O=C(c1cc2cc(Br)cc(Br)c2oc1=O)N1CCc2ccccc21. The van der Waals surface area contributed by atoms with Crippen molar-refractivity contribution >= 4 is 54.4 Å². The second kappa shape index (κ2) is 5.86. The maximum atomic E-state index is 12.9. The molecule has 1 aromatic heterocycles. The molecule has 0 aliphatic carbocycles. The summed E-state index contributed by atoms with van der Waals surface area (Å²) in [4.78, 5) is 26.9. The van der Waals surface area contributed by atoms with Crippen LogP contribution in [0, 0.1) is 0 Å². The minimum Gasteiger partial charge on any atom is -0.421 e. The van der Waals surface area contributed by atoms with E-state index in [0.29, 0.717) is 22.0 Å². The van der Waals surface area contributed by atoms with Crippen molar-refractivity contribution in [2.45, 2.75) is 6.42 Å². The van der Waals surface area contributed by atoms with Crippen LogP contribution in [0.1, 0.15) is 15.9 Å². The summed E-state index contributed by atoms with van der Waals surface area (Å²) in [6.45, 7) is 0.567. The fourth-order valence-electron chi connectivity index (χ4n) is 3.00. The number of hydrogen-bond acceptors (Lipinski definition) is 3. The standard InChI is InChI=1S/C18H11Br2NO3/c19-12-7-11-8-13(18(23)24-16(11)14(20)9-12)17(22)21-6-5-10-3-1-2-4-15(10)21/h1-4,7-9H,5-6H2. The van der Waals surface area contributed by atoms with Crippen LogP contribution in [0.4, 0.5) is 5.69 Å². The van der Waals surface area contributed by atoms with E-state index in [-0.39, 0.29) is 11.5 Å². The molecule has 2 aromatic carbocycles. The predicted molar refractivity (Wildman–Crippen MR) is 99.7 cm³/mol. The van der Waals surface area contributed by atoms with Crippen LogP contribution < -0.4 is 10.5 Å². The molecule has 0 radical (unpaired) electrons. The molecule has 120 valence electrons. The normalized spacial score (nSPS) is 13.3. The summed E-state index contributed by atoms with van der Waals surface area (Å²) in [7, 11) is 0. The Labute approximate surface area is 154 Å². The van der Waals surface area contributed by atoms with Gasteiger partial charge in [-0.15, -0.1) is 0 Å². The number of nitrogens with zero attached hydrogens (tertiary/aromatic N) is 1. The fourth-order valence-corrected chi connectivity index (χ4v) is 4.34. The summed E-state index contributed by atoms with van der Waals surface area (Å²) < 4.78 is 6.87. The van der Waals surface area contributed by atoms with Crippen molar-refractivity contribution in [1.29, 1.82) is 0 Å². The molecule has 0 bridgehead atoms. The first-order valence-electron chi connectivity index (χ1n) is 7.37. The van der Waals surface area contributed by atoms with Gasteiger partial charge in [-0.3, -0.25) is 4.79 Å². The van der Waals surface area contributed by atoms with E-state index in [1.807, 2.05) is 30.3 Å². The van der Waals surface area contributed by atoms with Crippen LogP contribution in [0.25, 0.3) is 11.0 Å². The molecule has 0 saturated carbocycles. The monoisotopic (exact) mass is 447 g/mol. The number of rotatable bonds is 1. The molecule has 4 rings (SSSR count). The molecule has 3 aromatic rings. The largest absolute Gasteiger partial charge is 0.421 e. The average Bonchev–Trinajstić information content (AvgIpc) is 2.98. The van der Waals surface area contributed by atoms with E-state index < -0.39 is 5.63 Å². The molecule has 1 aliphatic heterocycles. The van der Waals surface area contributed by atoms with Crippen molar-refractivity contribution in [3.05, 3.63) is 73.0 Å². The maximum absolute atomic E-state index is 12.9. The Hall–Kier alpha value is -1.92. The Morgan fingerprint density at radius 3 is 2.75 bits per heavy atom. The third-order valence-electron chi connectivity index (χ3n) is 4.11. The zero-order valence-electron chi connectivity index (χ0n) is 12.4. The molecule has 1 amide bonds. The lowest BCUT2D eigenvalue weighted by molar-refractivity contribution is 0.0986. The van der Waals surface area contributed by atoms with E-state index in [9.17, 15) is 9.59 Å². The summed E-state index contributed by atoms with van der Waals surface area (Å²) in [5.74, 6) is -0.327. The van der Waals surface area contributed by atoms with Crippen LogP contribution in [0.5, 0.6) is 0 Å². The number of carbonyl (C=O) groups is 1. The van der Waals surface area contributed by atoms with Gasteiger partial charge in [0.15, 0.2) is 5.58 Å². The van der Waals surface area contributed by atoms with Crippen molar-refractivity contribution in [3.8, 4) is 0 Å². The van der Waals surface area contributed by atoms with Gasteiger partial charge in [-0.05, 0) is 52.2 Å². The molecule has 0 atom stereocenters. The number of para-hydroxylation sites is 1. The summed E-state index contributed by atoms with van der Waals surface area (Å²) >= 11 is 6.78. The molecule has 0 spiro atoms. The smallest absolute Gasteiger partial charge is 0.349 e. The number of benzene rings is 2. The minimum atomic E-state index is -0.625. The molecular formula is C18H11Br2NO3. The summed E-state index contributed by atoms with van der Waals surface area (Å²) in [5.41, 5.74) is 1.82. The van der Waals surface area contributed by atoms with Gasteiger partial charge in [-0.2, -0.15) is 0 Å². The molecule has 2 heterocycles. The predicted octanol–water partition coefficient (Wildman–Crippen LogP) is 4.52. The van der Waals surface area contributed by atoms with Crippen LogP contribution in [0.15, 0.2) is 60.6 Å². The Bertz CT molecular complexity index is 1040.